The molecule has 1 fully saturated rings. The van der Waals surface area contributed by atoms with Crippen LogP contribution in [0, 0.1) is 5.92 Å². The maximum absolute atomic E-state index is 11.8. The summed E-state index contributed by atoms with van der Waals surface area (Å²) in [6.45, 7) is 5.94. The van der Waals surface area contributed by atoms with Crippen LogP contribution in [0.4, 0.5) is 0 Å². The van der Waals surface area contributed by atoms with Crippen LogP contribution in [0.3, 0.4) is 0 Å². The SMILES string of the molecule is CCC(CC)CNC(=O)C1(N)CCOC1. The Morgan fingerprint density at radius 1 is 1.53 bits per heavy atom. The molecule has 1 saturated heterocycles. The molecule has 1 aliphatic rings. The van der Waals surface area contributed by atoms with E-state index in [4.69, 9.17) is 10.5 Å². The van der Waals surface area contributed by atoms with E-state index in [9.17, 15) is 4.79 Å². The molecule has 0 spiro atoms. The molecule has 4 nitrogen and oxygen atoms in total. The first-order valence-corrected chi connectivity index (χ1v) is 5.77. The molecule has 0 aliphatic carbocycles. The van der Waals surface area contributed by atoms with Crippen LogP contribution in [-0.2, 0) is 9.53 Å². The lowest BCUT2D eigenvalue weighted by molar-refractivity contribution is -0.126. The third-order valence-electron chi connectivity index (χ3n) is 3.21. The van der Waals surface area contributed by atoms with Crippen molar-refractivity contribution in [3.8, 4) is 0 Å². The third kappa shape index (κ3) is 3.18. The Morgan fingerprint density at radius 3 is 2.67 bits per heavy atom. The number of hydrogen-bond donors (Lipinski definition) is 2. The minimum Gasteiger partial charge on any atom is -0.379 e. The zero-order valence-corrected chi connectivity index (χ0v) is 9.71. The van der Waals surface area contributed by atoms with E-state index in [-0.39, 0.29) is 5.91 Å². The van der Waals surface area contributed by atoms with Crippen LogP contribution >= 0.6 is 0 Å². The van der Waals surface area contributed by atoms with E-state index in [0.29, 0.717) is 25.6 Å². The maximum atomic E-state index is 11.8. The zero-order valence-electron chi connectivity index (χ0n) is 9.71. The second-order valence-electron chi connectivity index (χ2n) is 4.35. The monoisotopic (exact) mass is 214 g/mol. The van der Waals surface area contributed by atoms with E-state index in [0.717, 1.165) is 19.4 Å². The van der Waals surface area contributed by atoms with E-state index < -0.39 is 5.54 Å². The maximum Gasteiger partial charge on any atom is 0.242 e. The van der Waals surface area contributed by atoms with E-state index in [1.54, 1.807) is 0 Å². The molecule has 1 atom stereocenters. The van der Waals surface area contributed by atoms with Crippen LogP contribution in [0.15, 0.2) is 0 Å². The first kappa shape index (κ1) is 12.5. The smallest absolute Gasteiger partial charge is 0.242 e. The molecule has 0 aromatic rings. The highest BCUT2D eigenvalue weighted by Gasteiger charge is 2.38. The van der Waals surface area contributed by atoms with Gasteiger partial charge in [0.1, 0.15) is 5.54 Å². The highest BCUT2D eigenvalue weighted by Crippen LogP contribution is 2.15. The molecule has 15 heavy (non-hydrogen) atoms. The molecule has 0 aromatic carbocycles. The first-order chi connectivity index (χ1) is 7.12. The number of carbonyl (C=O) groups is 1. The summed E-state index contributed by atoms with van der Waals surface area (Å²) in [5.74, 6) is 0.492. The van der Waals surface area contributed by atoms with Crippen LogP contribution in [0.5, 0.6) is 0 Å². The Bertz CT molecular complexity index is 209. The Balaban J connectivity index is 2.35. The number of nitrogens with two attached hydrogens (primary N) is 1. The minimum atomic E-state index is -0.786. The van der Waals surface area contributed by atoms with Crippen molar-refractivity contribution in [2.75, 3.05) is 19.8 Å². The summed E-state index contributed by atoms with van der Waals surface area (Å²) in [6.07, 6.45) is 2.80. The topological polar surface area (TPSA) is 64.4 Å². The van der Waals surface area contributed by atoms with Crippen molar-refractivity contribution < 1.29 is 9.53 Å². The molecule has 0 saturated carbocycles. The predicted octanol–water partition coefficient (Wildman–Crippen LogP) is 0.657. The number of hydrogen-bond acceptors (Lipinski definition) is 3. The van der Waals surface area contributed by atoms with E-state index in [1.807, 2.05) is 0 Å². The summed E-state index contributed by atoms with van der Waals surface area (Å²) in [5.41, 5.74) is 5.15. The second-order valence-corrected chi connectivity index (χ2v) is 4.35. The number of nitrogens with one attached hydrogen (secondary N) is 1. The lowest BCUT2D eigenvalue weighted by Crippen LogP contribution is -2.55. The van der Waals surface area contributed by atoms with Gasteiger partial charge < -0.3 is 15.8 Å². The molecule has 88 valence electrons. The van der Waals surface area contributed by atoms with Crippen LogP contribution in [0.2, 0.25) is 0 Å². The second kappa shape index (κ2) is 5.47. The van der Waals surface area contributed by atoms with Crippen LogP contribution in [0.1, 0.15) is 33.1 Å². The molecule has 4 heteroatoms. The molecule has 1 amide bonds. The molecule has 1 rings (SSSR count). The fraction of sp³-hybridized carbons (Fsp3) is 0.909. The van der Waals surface area contributed by atoms with Crippen molar-refractivity contribution in [2.24, 2.45) is 11.7 Å². The fourth-order valence-corrected chi connectivity index (χ4v) is 1.75. The third-order valence-corrected chi connectivity index (χ3v) is 3.21. The molecule has 1 unspecified atom stereocenters. The van der Waals surface area contributed by atoms with Gasteiger partial charge in [0.2, 0.25) is 5.91 Å². The zero-order chi connectivity index (χ0) is 11.3. The van der Waals surface area contributed by atoms with Crippen molar-refractivity contribution >= 4 is 5.91 Å². The fourth-order valence-electron chi connectivity index (χ4n) is 1.75. The van der Waals surface area contributed by atoms with E-state index >= 15 is 0 Å². The van der Waals surface area contributed by atoms with Gasteiger partial charge >= 0.3 is 0 Å². The van der Waals surface area contributed by atoms with Gasteiger partial charge in [0.25, 0.3) is 0 Å². The van der Waals surface area contributed by atoms with E-state index in [2.05, 4.69) is 19.2 Å². The average molecular weight is 214 g/mol. The normalized spacial score (nSPS) is 25.9. The largest absolute Gasteiger partial charge is 0.379 e. The van der Waals surface area contributed by atoms with Crippen molar-refractivity contribution in [3.05, 3.63) is 0 Å². The van der Waals surface area contributed by atoms with Gasteiger partial charge in [-0.25, -0.2) is 0 Å². The van der Waals surface area contributed by atoms with Gasteiger partial charge in [0.15, 0.2) is 0 Å². The summed E-state index contributed by atoms with van der Waals surface area (Å²) in [7, 11) is 0. The average Bonchev–Trinajstić information content (AvgIpc) is 2.68. The molecule has 0 bridgehead atoms. The van der Waals surface area contributed by atoms with Gasteiger partial charge in [-0.05, 0) is 12.3 Å². The van der Waals surface area contributed by atoms with Crippen LogP contribution in [0.25, 0.3) is 0 Å². The standard InChI is InChI=1S/C11H22N2O2/c1-3-9(4-2)7-13-10(14)11(12)5-6-15-8-11/h9H,3-8,12H2,1-2H3,(H,13,14). The molecule has 0 radical (unpaired) electrons. The Morgan fingerprint density at radius 2 is 2.20 bits per heavy atom. The molecule has 3 N–H and O–H groups in total. The number of ether oxygens (including phenoxy) is 1. The summed E-state index contributed by atoms with van der Waals surface area (Å²) < 4.78 is 5.15. The molecule has 0 aromatic heterocycles. The molecule has 1 aliphatic heterocycles. The van der Waals surface area contributed by atoms with Crippen LogP contribution in [-0.4, -0.2) is 31.2 Å². The quantitative estimate of drug-likeness (QED) is 0.706. The van der Waals surface area contributed by atoms with Gasteiger partial charge in [0, 0.05) is 13.2 Å². The van der Waals surface area contributed by atoms with Gasteiger partial charge in [-0.2, -0.15) is 0 Å². The van der Waals surface area contributed by atoms with Gasteiger partial charge in [0.05, 0.1) is 6.61 Å². The predicted molar refractivity (Wildman–Crippen MR) is 59.4 cm³/mol. The lowest BCUT2D eigenvalue weighted by Gasteiger charge is -2.22. The summed E-state index contributed by atoms with van der Waals surface area (Å²) in [6, 6.07) is 0. The summed E-state index contributed by atoms with van der Waals surface area (Å²) in [4.78, 5) is 11.8. The number of rotatable bonds is 5. The molecular formula is C11H22N2O2. The number of carbonyl (C=O) groups excluding carboxylic acids is 1. The van der Waals surface area contributed by atoms with Crippen molar-refractivity contribution in [1.29, 1.82) is 0 Å². The number of amides is 1. The van der Waals surface area contributed by atoms with E-state index in [1.165, 1.54) is 0 Å². The summed E-state index contributed by atoms with van der Waals surface area (Å²) >= 11 is 0. The lowest BCUT2D eigenvalue weighted by atomic mass is 9.98. The van der Waals surface area contributed by atoms with Crippen molar-refractivity contribution in [3.63, 3.8) is 0 Å². The highest BCUT2D eigenvalue weighted by molar-refractivity contribution is 5.86. The van der Waals surface area contributed by atoms with Crippen molar-refractivity contribution in [2.45, 2.75) is 38.6 Å². The van der Waals surface area contributed by atoms with Gasteiger partial charge in [-0.1, -0.05) is 26.7 Å². The Kier molecular flexibility index (Phi) is 4.54. The summed E-state index contributed by atoms with van der Waals surface area (Å²) in [5, 5.41) is 2.92. The van der Waals surface area contributed by atoms with Crippen LogP contribution < -0.4 is 11.1 Å². The molecule has 1 heterocycles. The molecular weight excluding hydrogens is 192 g/mol. The van der Waals surface area contributed by atoms with Gasteiger partial charge in [-0.3, -0.25) is 4.79 Å². The van der Waals surface area contributed by atoms with Crippen molar-refractivity contribution in [1.82, 2.24) is 5.32 Å². The minimum absolute atomic E-state index is 0.0631. The Labute approximate surface area is 91.5 Å². The highest BCUT2D eigenvalue weighted by atomic mass is 16.5. The van der Waals surface area contributed by atoms with Gasteiger partial charge in [-0.15, -0.1) is 0 Å². The Hall–Kier alpha value is -0.610. The first-order valence-electron chi connectivity index (χ1n) is 5.77.